The van der Waals surface area contributed by atoms with Crippen LogP contribution in [0.25, 0.3) is 10.2 Å². The van der Waals surface area contributed by atoms with E-state index in [1.54, 1.807) is 11.3 Å². The highest BCUT2D eigenvalue weighted by molar-refractivity contribution is 7.22. The minimum Gasteiger partial charge on any atom is -0.465 e. The van der Waals surface area contributed by atoms with Gasteiger partial charge in [0, 0.05) is 24.7 Å². The quantitative estimate of drug-likeness (QED) is 0.888. The molecule has 3 rings (SSSR count). The fraction of sp³-hybridized carbons (Fsp3) is 0.467. The van der Waals surface area contributed by atoms with Gasteiger partial charge in [-0.3, -0.25) is 0 Å². The zero-order chi connectivity index (χ0) is 15.5. The minimum atomic E-state index is -0.939. The zero-order valence-electron chi connectivity index (χ0n) is 12.1. The van der Waals surface area contributed by atoms with Gasteiger partial charge < -0.3 is 15.3 Å². The van der Waals surface area contributed by atoms with Crippen molar-refractivity contribution in [3.8, 4) is 0 Å². The fourth-order valence-electron chi connectivity index (χ4n) is 2.82. The van der Waals surface area contributed by atoms with Crippen molar-refractivity contribution in [1.29, 1.82) is 0 Å². The van der Waals surface area contributed by atoms with Crippen LogP contribution in [0, 0.1) is 5.92 Å². The highest BCUT2D eigenvalue weighted by atomic mass is 35.5. The molecule has 7 heteroatoms. The predicted molar refractivity (Wildman–Crippen MR) is 90.2 cm³/mol. The van der Waals surface area contributed by atoms with E-state index in [2.05, 4.69) is 15.2 Å². The molecule has 0 saturated carbocycles. The number of benzene rings is 1. The fourth-order valence-corrected chi connectivity index (χ4v) is 4.11. The van der Waals surface area contributed by atoms with E-state index in [1.807, 2.05) is 18.2 Å². The summed E-state index contributed by atoms with van der Waals surface area (Å²) in [5, 5.41) is 12.8. The lowest BCUT2D eigenvalue weighted by atomic mass is 9.94. The summed E-state index contributed by atoms with van der Waals surface area (Å²) in [5.74, 6) is 0.590. The number of hydrogen-bond acceptors (Lipinski definition) is 4. The molecule has 1 aliphatic heterocycles. The summed E-state index contributed by atoms with van der Waals surface area (Å²) in [5.41, 5.74) is 0.997. The van der Waals surface area contributed by atoms with Crippen LogP contribution in [-0.2, 0) is 0 Å². The molecule has 5 nitrogen and oxygen atoms in total. The summed E-state index contributed by atoms with van der Waals surface area (Å²) >= 11 is 7.70. The van der Waals surface area contributed by atoms with E-state index >= 15 is 0 Å². The van der Waals surface area contributed by atoms with Crippen LogP contribution >= 0.6 is 22.9 Å². The number of aromatic nitrogens is 1. The van der Waals surface area contributed by atoms with E-state index < -0.39 is 6.09 Å². The van der Waals surface area contributed by atoms with Crippen molar-refractivity contribution in [3.63, 3.8) is 0 Å². The second-order valence-corrected chi connectivity index (χ2v) is 7.01. The lowest BCUT2D eigenvalue weighted by Crippen LogP contribution is -2.35. The molecular weight excluding hydrogens is 322 g/mol. The first-order valence-electron chi connectivity index (χ1n) is 7.39. The monoisotopic (exact) mass is 339 g/mol. The van der Waals surface area contributed by atoms with Gasteiger partial charge in [0.05, 0.1) is 10.2 Å². The third kappa shape index (κ3) is 3.62. The van der Waals surface area contributed by atoms with Gasteiger partial charge in [0.1, 0.15) is 0 Å². The SMILES string of the molecule is O=C(O)NCCC1CCN(c2nc3ccc(Cl)cc3s2)CC1. The third-order valence-electron chi connectivity index (χ3n) is 4.05. The van der Waals surface area contributed by atoms with Crippen LogP contribution in [0.1, 0.15) is 19.3 Å². The van der Waals surface area contributed by atoms with Crippen molar-refractivity contribution in [2.45, 2.75) is 19.3 Å². The van der Waals surface area contributed by atoms with Gasteiger partial charge in [0.25, 0.3) is 0 Å². The number of carbonyl (C=O) groups is 1. The number of amides is 1. The van der Waals surface area contributed by atoms with Gasteiger partial charge in [0.2, 0.25) is 0 Å². The molecule has 2 N–H and O–H groups in total. The number of hydrogen-bond donors (Lipinski definition) is 2. The first-order chi connectivity index (χ1) is 10.6. The molecule has 0 bridgehead atoms. The smallest absolute Gasteiger partial charge is 0.404 e. The van der Waals surface area contributed by atoms with Crippen molar-refractivity contribution in [3.05, 3.63) is 23.2 Å². The Hall–Kier alpha value is -1.53. The van der Waals surface area contributed by atoms with Crippen LogP contribution in [-0.4, -0.2) is 35.8 Å². The Bertz CT molecular complexity index is 668. The number of anilines is 1. The molecular formula is C15H18ClN3O2S. The molecule has 1 amide bonds. The molecule has 1 aliphatic rings. The number of piperidine rings is 1. The van der Waals surface area contributed by atoms with E-state index in [0.29, 0.717) is 12.5 Å². The Kier molecular flexibility index (Phi) is 4.69. The highest BCUT2D eigenvalue weighted by Gasteiger charge is 2.21. The third-order valence-corrected chi connectivity index (χ3v) is 5.37. The molecule has 1 aromatic carbocycles. The summed E-state index contributed by atoms with van der Waals surface area (Å²) in [6.07, 6.45) is 2.14. The molecule has 0 aliphatic carbocycles. The average molecular weight is 340 g/mol. The Balaban J connectivity index is 1.57. The van der Waals surface area contributed by atoms with Crippen molar-refractivity contribution >= 4 is 44.4 Å². The van der Waals surface area contributed by atoms with Gasteiger partial charge in [-0.05, 0) is 43.4 Å². The van der Waals surface area contributed by atoms with E-state index in [1.165, 1.54) is 0 Å². The normalized spacial score (nSPS) is 16.1. The lowest BCUT2D eigenvalue weighted by Gasteiger charge is -2.31. The van der Waals surface area contributed by atoms with Gasteiger partial charge in [0.15, 0.2) is 5.13 Å². The second-order valence-electron chi connectivity index (χ2n) is 5.56. The molecule has 1 saturated heterocycles. The second kappa shape index (κ2) is 6.71. The van der Waals surface area contributed by atoms with Crippen LogP contribution in [0.2, 0.25) is 5.02 Å². The topological polar surface area (TPSA) is 65.5 Å². The maximum absolute atomic E-state index is 10.5. The van der Waals surface area contributed by atoms with Gasteiger partial charge in [-0.15, -0.1) is 0 Å². The van der Waals surface area contributed by atoms with E-state index in [0.717, 1.165) is 52.7 Å². The van der Waals surface area contributed by atoms with Crippen LogP contribution in [0.3, 0.4) is 0 Å². The number of thiazole rings is 1. The summed E-state index contributed by atoms with van der Waals surface area (Å²) in [6.45, 7) is 2.50. The Morgan fingerprint density at radius 2 is 2.23 bits per heavy atom. The van der Waals surface area contributed by atoms with Gasteiger partial charge in [-0.2, -0.15) is 0 Å². The van der Waals surface area contributed by atoms with Crippen molar-refractivity contribution in [2.24, 2.45) is 5.92 Å². The van der Waals surface area contributed by atoms with E-state index in [-0.39, 0.29) is 0 Å². The van der Waals surface area contributed by atoms with Crippen LogP contribution < -0.4 is 10.2 Å². The molecule has 22 heavy (non-hydrogen) atoms. The Labute approximate surface area is 137 Å². The predicted octanol–water partition coefficient (Wildman–Crippen LogP) is 3.82. The molecule has 118 valence electrons. The maximum Gasteiger partial charge on any atom is 0.404 e. The summed E-state index contributed by atoms with van der Waals surface area (Å²) < 4.78 is 1.12. The lowest BCUT2D eigenvalue weighted by molar-refractivity contribution is 0.193. The molecule has 0 atom stereocenters. The van der Waals surface area contributed by atoms with Crippen LogP contribution in [0.4, 0.5) is 9.93 Å². The Morgan fingerprint density at radius 3 is 2.95 bits per heavy atom. The molecule has 2 aromatic rings. The molecule has 2 heterocycles. The van der Waals surface area contributed by atoms with Crippen molar-refractivity contribution in [1.82, 2.24) is 10.3 Å². The maximum atomic E-state index is 10.5. The largest absolute Gasteiger partial charge is 0.465 e. The van der Waals surface area contributed by atoms with Crippen molar-refractivity contribution < 1.29 is 9.90 Å². The first-order valence-corrected chi connectivity index (χ1v) is 8.59. The molecule has 0 unspecified atom stereocenters. The Morgan fingerprint density at radius 1 is 1.45 bits per heavy atom. The van der Waals surface area contributed by atoms with Crippen LogP contribution in [0.5, 0.6) is 0 Å². The first kappa shape index (κ1) is 15.4. The number of carboxylic acid groups (broad SMARTS) is 1. The van der Waals surface area contributed by atoms with Gasteiger partial charge in [-0.25, -0.2) is 9.78 Å². The van der Waals surface area contributed by atoms with Gasteiger partial charge in [-0.1, -0.05) is 22.9 Å². The van der Waals surface area contributed by atoms with E-state index in [9.17, 15) is 4.79 Å². The molecule has 1 fully saturated rings. The molecule has 1 aromatic heterocycles. The zero-order valence-corrected chi connectivity index (χ0v) is 13.7. The number of fused-ring (bicyclic) bond motifs is 1. The minimum absolute atomic E-state index is 0.541. The summed E-state index contributed by atoms with van der Waals surface area (Å²) in [4.78, 5) is 17.5. The van der Waals surface area contributed by atoms with E-state index in [4.69, 9.17) is 16.7 Å². The summed E-state index contributed by atoms with van der Waals surface area (Å²) in [6, 6.07) is 5.79. The highest BCUT2D eigenvalue weighted by Crippen LogP contribution is 2.33. The standard InChI is InChI=1S/C15H18ClN3O2S/c16-11-1-2-12-13(9-11)22-14(18-12)19-7-4-10(5-8-19)3-6-17-15(20)21/h1-2,9-10,17H,3-8H2,(H,20,21). The van der Waals surface area contributed by atoms with Gasteiger partial charge >= 0.3 is 6.09 Å². The number of rotatable bonds is 4. The average Bonchev–Trinajstić information content (AvgIpc) is 2.90. The summed E-state index contributed by atoms with van der Waals surface area (Å²) in [7, 11) is 0. The molecule has 0 radical (unpaired) electrons. The van der Waals surface area contributed by atoms with Crippen LogP contribution in [0.15, 0.2) is 18.2 Å². The molecule has 0 spiro atoms. The number of halogens is 1. The number of nitrogens with one attached hydrogen (secondary N) is 1. The number of nitrogens with zero attached hydrogens (tertiary/aromatic N) is 2. The van der Waals surface area contributed by atoms with Crippen molar-refractivity contribution in [2.75, 3.05) is 24.5 Å².